The van der Waals surface area contributed by atoms with E-state index < -0.39 is 11.9 Å². The zero-order valence-corrected chi connectivity index (χ0v) is 14.8. The van der Waals surface area contributed by atoms with Gasteiger partial charge in [0.05, 0.1) is 12.1 Å². The summed E-state index contributed by atoms with van der Waals surface area (Å²) in [5, 5.41) is 6.54. The van der Waals surface area contributed by atoms with Crippen LogP contribution in [0.5, 0.6) is 0 Å². The van der Waals surface area contributed by atoms with Gasteiger partial charge in [0.15, 0.2) is 5.69 Å². The predicted molar refractivity (Wildman–Crippen MR) is 97.1 cm³/mol. The zero-order chi connectivity index (χ0) is 19.7. The molecule has 1 aliphatic carbocycles. The van der Waals surface area contributed by atoms with Crippen molar-refractivity contribution in [1.82, 2.24) is 14.8 Å². The van der Waals surface area contributed by atoms with Crippen LogP contribution < -0.4 is 5.32 Å². The number of hydrogen-bond acceptors (Lipinski definition) is 3. The van der Waals surface area contributed by atoms with Crippen LogP contribution in [-0.4, -0.2) is 20.7 Å². The summed E-state index contributed by atoms with van der Waals surface area (Å²) in [5.41, 5.74) is 1.63. The Balaban J connectivity index is 1.50. The molecule has 2 aromatic heterocycles. The Hall–Kier alpha value is -3.16. The SMILES string of the molecule is O=C(Cc1ccncc1)Nc1ccc(-n2nc(C(F)(F)F)cc2C2CC2)cc1. The normalized spacial score (nSPS) is 14.1. The molecule has 1 aliphatic rings. The molecule has 8 heteroatoms. The fourth-order valence-electron chi connectivity index (χ4n) is 2.99. The minimum absolute atomic E-state index is 0.114. The van der Waals surface area contributed by atoms with Gasteiger partial charge in [0.2, 0.25) is 5.91 Å². The molecule has 0 spiro atoms. The van der Waals surface area contributed by atoms with Crippen molar-refractivity contribution >= 4 is 11.6 Å². The van der Waals surface area contributed by atoms with Crippen molar-refractivity contribution in [2.75, 3.05) is 5.32 Å². The lowest BCUT2D eigenvalue weighted by atomic mass is 10.2. The van der Waals surface area contributed by atoms with Crippen LogP contribution in [0, 0.1) is 0 Å². The largest absolute Gasteiger partial charge is 0.435 e. The molecule has 0 saturated heterocycles. The van der Waals surface area contributed by atoms with Crippen molar-refractivity contribution in [1.29, 1.82) is 0 Å². The van der Waals surface area contributed by atoms with Crippen LogP contribution in [0.2, 0.25) is 0 Å². The van der Waals surface area contributed by atoms with Crippen LogP contribution in [-0.2, 0) is 17.4 Å². The van der Waals surface area contributed by atoms with E-state index in [9.17, 15) is 18.0 Å². The van der Waals surface area contributed by atoms with Crippen LogP contribution in [0.4, 0.5) is 18.9 Å². The highest BCUT2D eigenvalue weighted by atomic mass is 19.4. The molecule has 1 amide bonds. The van der Waals surface area contributed by atoms with Crippen LogP contribution >= 0.6 is 0 Å². The molecule has 5 nitrogen and oxygen atoms in total. The fourth-order valence-corrected chi connectivity index (χ4v) is 2.99. The lowest BCUT2D eigenvalue weighted by Gasteiger charge is -2.09. The molecular formula is C20H17F3N4O. The van der Waals surface area contributed by atoms with E-state index in [1.54, 1.807) is 48.8 Å². The Morgan fingerprint density at radius 1 is 1.11 bits per heavy atom. The first-order valence-corrected chi connectivity index (χ1v) is 8.86. The lowest BCUT2D eigenvalue weighted by Crippen LogP contribution is -2.14. The molecule has 1 saturated carbocycles. The molecule has 1 fully saturated rings. The fraction of sp³-hybridized carbons (Fsp3) is 0.250. The maximum absolute atomic E-state index is 13.0. The number of amides is 1. The van der Waals surface area contributed by atoms with Crippen molar-refractivity contribution in [2.45, 2.75) is 31.4 Å². The molecule has 0 atom stereocenters. The van der Waals surface area contributed by atoms with Gasteiger partial charge in [0.25, 0.3) is 0 Å². The Bertz CT molecular complexity index is 977. The number of aromatic nitrogens is 3. The van der Waals surface area contributed by atoms with Gasteiger partial charge in [-0.3, -0.25) is 9.78 Å². The first kappa shape index (κ1) is 18.2. The van der Waals surface area contributed by atoms with Gasteiger partial charge in [-0.05, 0) is 60.9 Å². The number of anilines is 1. The molecule has 0 radical (unpaired) electrons. The Morgan fingerprint density at radius 2 is 1.79 bits per heavy atom. The van der Waals surface area contributed by atoms with Gasteiger partial charge in [-0.2, -0.15) is 18.3 Å². The Kier molecular flexibility index (Phi) is 4.62. The third kappa shape index (κ3) is 4.05. The van der Waals surface area contributed by atoms with Crippen LogP contribution in [0.1, 0.15) is 35.7 Å². The molecular weight excluding hydrogens is 369 g/mol. The van der Waals surface area contributed by atoms with Gasteiger partial charge < -0.3 is 5.32 Å². The van der Waals surface area contributed by atoms with E-state index in [0.717, 1.165) is 24.5 Å². The lowest BCUT2D eigenvalue weighted by molar-refractivity contribution is -0.141. The molecule has 0 bridgehead atoms. The van der Waals surface area contributed by atoms with Crippen molar-refractivity contribution in [3.63, 3.8) is 0 Å². The smallest absolute Gasteiger partial charge is 0.326 e. The highest BCUT2D eigenvalue weighted by Gasteiger charge is 2.38. The number of nitrogens with one attached hydrogen (secondary N) is 1. The van der Waals surface area contributed by atoms with Gasteiger partial charge in [-0.1, -0.05) is 0 Å². The Morgan fingerprint density at radius 3 is 2.39 bits per heavy atom. The number of carbonyl (C=O) groups is 1. The van der Waals surface area contributed by atoms with Crippen molar-refractivity contribution in [3.8, 4) is 5.69 Å². The summed E-state index contributed by atoms with van der Waals surface area (Å²) in [4.78, 5) is 16.0. The van der Waals surface area contributed by atoms with Gasteiger partial charge in [0, 0.05) is 29.7 Å². The Labute approximate surface area is 159 Å². The summed E-state index contributed by atoms with van der Waals surface area (Å²) >= 11 is 0. The zero-order valence-electron chi connectivity index (χ0n) is 14.8. The predicted octanol–water partition coefficient (Wildman–Crippen LogP) is 4.34. The highest BCUT2D eigenvalue weighted by Crippen LogP contribution is 2.42. The summed E-state index contributed by atoms with van der Waals surface area (Å²) in [6.07, 6.45) is 0.709. The second kappa shape index (κ2) is 7.10. The van der Waals surface area contributed by atoms with E-state index in [0.29, 0.717) is 17.1 Å². The minimum atomic E-state index is -4.48. The summed E-state index contributed by atoms with van der Waals surface area (Å²) in [5.74, 6) is -0.0700. The molecule has 3 aromatic rings. The van der Waals surface area contributed by atoms with Crippen LogP contribution in [0.15, 0.2) is 54.9 Å². The standard InChI is InChI=1S/C20H17F3N4O/c21-20(22,23)18-12-17(14-1-2-14)27(26-18)16-5-3-15(4-6-16)25-19(28)11-13-7-9-24-10-8-13/h3-10,12,14H,1-2,11H2,(H,25,28). The van der Waals surface area contributed by atoms with E-state index in [4.69, 9.17) is 0 Å². The van der Waals surface area contributed by atoms with Gasteiger partial charge in [-0.15, -0.1) is 0 Å². The van der Waals surface area contributed by atoms with Gasteiger partial charge >= 0.3 is 6.18 Å². The van der Waals surface area contributed by atoms with Crippen LogP contribution in [0.3, 0.4) is 0 Å². The van der Waals surface area contributed by atoms with Gasteiger partial charge in [0.1, 0.15) is 0 Å². The molecule has 4 rings (SSSR count). The van der Waals surface area contributed by atoms with Crippen molar-refractivity contribution < 1.29 is 18.0 Å². The minimum Gasteiger partial charge on any atom is -0.326 e. The molecule has 28 heavy (non-hydrogen) atoms. The number of nitrogens with zero attached hydrogens (tertiary/aromatic N) is 3. The average Bonchev–Trinajstić information content (AvgIpc) is 3.40. The average molecular weight is 386 g/mol. The third-order valence-electron chi connectivity index (χ3n) is 4.53. The second-order valence-corrected chi connectivity index (χ2v) is 6.77. The van der Waals surface area contributed by atoms with E-state index >= 15 is 0 Å². The molecule has 2 heterocycles. The summed E-state index contributed by atoms with van der Waals surface area (Å²) < 4.78 is 40.5. The first-order chi connectivity index (χ1) is 13.4. The number of benzene rings is 1. The number of carbonyl (C=O) groups excluding carboxylic acids is 1. The molecule has 144 valence electrons. The van der Waals surface area contributed by atoms with E-state index in [-0.39, 0.29) is 18.2 Å². The van der Waals surface area contributed by atoms with E-state index in [2.05, 4.69) is 15.4 Å². The van der Waals surface area contributed by atoms with Gasteiger partial charge in [-0.25, -0.2) is 4.68 Å². The van der Waals surface area contributed by atoms with Crippen molar-refractivity contribution in [3.05, 3.63) is 71.8 Å². The number of pyridine rings is 1. The van der Waals surface area contributed by atoms with Crippen LogP contribution in [0.25, 0.3) is 5.69 Å². The highest BCUT2D eigenvalue weighted by molar-refractivity contribution is 5.92. The maximum Gasteiger partial charge on any atom is 0.435 e. The maximum atomic E-state index is 13.0. The van der Waals surface area contributed by atoms with Crippen molar-refractivity contribution in [2.24, 2.45) is 0 Å². The summed E-state index contributed by atoms with van der Waals surface area (Å²) in [7, 11) is 0. The second-order valence-electron chi connectivity index (χ2n) is 6.77. The summed E-state index contributed by atoms with van der Waals surface area (Å²) in [6, 6.07) is 11.3. The first-order valence-electron chi connectivity index (χ1n) is 8.86. The molecule has 1 N–H and O–H groups in total. The van der Waals surface area contributed by atoms with E-state index in [1.807, 2.05) is 0 Å². The number of halogens is 3. The topological polar surface area (TPSA) is 59.8 Å². The molecule has 1 aromatic carbocycles. The molecule has 0 unspecified atom stereocenters. The quantitative estimate of drug-likeness (QED) is 0.709. The third-order valence-corrected chi connectivity index (χ3v) is 4.53. The van der Waals surface area contributed by atoms with E-state index in [1.165, 1.54) is 4.68 Å². The molecule has 0 aliphatic heterocycles. The number of hydrogen-bond donors (Lipinski definition) is 1. The monoisotopic (exact) mass is 386 g/mol. The number of alkyl halides is 3. The number of rotatable bonds is 5. The summed E-state index contributed by atoms with van der Waals surface area (Å²) in [6.45, 7) is 0.